The molecule has 0 bridgehead atoms. The van der Waals surface area contributed by atoms with E-state index >= 15 is 0 Å². The first-order valence-electron chi connectivity index (χ1n) is 6.30. The molecule has 1 aliphatic rings. The molecule has 1 heterocycles. The van der Waals surface area contributed by atoms with Crippen LogP contribution in [0, 0.1) is 0 Å². The van der Waals surface area contributed by atoms with Gasteiger partial charge in [0.05, 0.1) is 17.1 Å². The van der Waals surface area contributed by atoms with E-state index in [2.05, 4.69) is 16.6 Å². The smallest absolute Gasteiger partial charge is 0.335 e. The maximum Gasteiger partial charge on any atom is 0.335 e. The Morgan fingerprint density at radius 2 is 2.32 bits per heavy atom. The summed E-state index contributed by atoms with van der Waals surface area (Å²) in [4.78, 5) is 10.9. The fraction of sp³-hybridized carbons (Fsp3) is 0.462. The predicted molar refractivity (Wildman–Crippen MR) is 74.7 cm³/mol. The molecule has 2 atom stereocenters. The fourth-order valence-corrected chi connectivity index (χ4v) is 3.48. The average Bonchev–Trinajstić information content (AvgIpc) is 3.03. The van der Waals surface area contributed by atoms with Crippen LogP contribution in [0.15, 0.2) is 18.2 Å². The zero-order valence-corrected chi connectivity index (χ0v) is 11.4. The Morgan fingerprint density at radius 3 is 3.00 bits per heavy atom. The van der Waals surface area contributed by atoms with Crippen molar-refractivity contribution in [2.75, 3.05) is 6.26 Å². The number of benzene rings is 1. The lowest BCUT2D eigenvalue weighted by Gasteiger charge is -2.11. The number of aromatic nitrogens is 3. The summed E-state index contributed by atoms with van der Waals surface area (Å²) in [6.07, 6.45) is 5.58. The fourth-order valence-electron chi connectivity index (χ4n) is 2.70. The molecule has 3 rings (SSSR count). The highest BCUT2D eigenvalue weighted by atomic mass is 32.2. The van der Waals surface area contributed by atoms with Gasteiger partial charge in [-0.2, -0.15) is 11.8 Å². The second-order valence-electron chi connectivity index (χ2n) is 4.87. The molecule has 1 aliphatic carbocycles. The van der Waals surface area contributed by atoms with Crippen LogP contribution in [0.5, 0.6) is 0 Å². The minimum absolute atomic E-state index is 0.257. The van der Waals surface area contributed by atoms with Crippen LogP contribution in [-0.2, 0) is 0 Å². The molecule has 6 heteroatoms. The van der Waals surface area contributed by atoms with E-state index in [0.717, 1.165) is 18.4 Å². The molecule has 5 nitrogen and oxygen atoms in total. The molecule has 0 aliphatic heterocycles. The number of hydrogen-bond acceptors (Lipinski definition) is 4. The number of aromatic carboxylic acids is 1. The molecule has 0 saturated heterocycles. The van der Waals surface area contributed by atoms with Gasteiger partial charge in [-0.3, -0.25) is 0 Å². The number of fused-ring (bicyclic) bond motifs is 1. The SMILES string of the molecule is CSC1CCC(n2nnc3cc(C(=O)O)ccc32)C1. The third-order valence-corrected chi connectivity index (χ3v) is 4.85. The molecular weight excluding hydrogens is 262 g/mol. The van der Waals surface area contributed by atoms with Crippen LogP contribution in [-0.4, -0.2) is 37.6 Å². The van der Waals surface area contributed by atoms with Gasteiger partial charge in [-0.25, -0.2) is 9.48 Å². The summed E-state index contributed by atoms with van der Waals surface area (Å²) in [7, 11) is 0. The molecule has 100 valence electrons. The number of rotatable bonds is 3. The molecule has 1 saturated carbocycles. The first-order valence-corrected chi connectivity index (χ1v) is 7.59. The van der Waals surface area contributed by atoms with Crippen LogP contribution in [0.4, 0.5) is 0 Å². The molecule has 1 fully saturated rings. The number of carbonyl (C=O) groups is 1. The van der Waals surface area contributed by atoms with E-state index in [0.29, 0.717) is 16.8 Å². The van der Waals surface area contributed by atoms with E-state index in [9.17, 15) is 4.79 Å². The van der Waals surface area contributed by atoms with E-state index in [1.807, 2.05) is 22.5 Å². The number of carboxylic acid groups (broad SMARTS) is 1. The summed E-state index contributed by atoms with van der Waals surface area (Å²) in [5.74, 6) is -0.931. The zero-order valence-electron chi connectivity index (χ0n) is 10.6. The lowest BCUT2D eigenvalue weighted by molar-refractivity contribution is 0.0697. The number of carboxylic acids is 1. The first-order chi connectivity index (χ1) is 9.19. The van der Waals surface area contributed by atoms with Gasteiger partial charge < -0.3 is 5.11 Å². The van der Waals surface area contributed by atoms with Crippen LogP contribution in [0.25, 0.3) is 11.0 Å². The zero-order chi connectivity index (χ0) is 13.4. The maximum atomic E-state index is 10.9. The van der Waals surface area contributed by atoms with Gasteiger partial charge in [0.1, 0.15) is 5.52 Å². The molecule has 0 radical (unpaired) electrons. The Labute approximate surface area is 115 Å². The van der Waals surface area contributed by atoms with Gasteiger partial charge in [0.25, 0.3) is 0 Å². The highest BCUT2D eigenvalue weighted by molar-refractivity contribution is 7.99. The highest BCUT2D eigenvalue weighted by Crippen LogP contribution is 2.36. The highest BCUT2D eigenvalue weighted by Gasteiger charge is 2.27. The van der Waals surface area contributed by atoms with Gasteiger partial charge in [-0.15, -0.1) is 5.10 Å². The van der Waals surface area contributed by atoms with Gasteiger partial charge >= 0.3 is 5.97 Å². The number of nitrogens with zero attached hydrogens (tertiary/aromatic N) is 3. The minimum Gasteiger partial charge on any atom is -0.478 e. The molecule has 0 spiro atoms. The quantitative estimate of drug-likeness (QED) is 0.934. The van der Waals surface area contributed by atoms with Gasteiger partial charge in [-0.05, 0) is 43.7 Å². The van der Waals surface area contributed by atoms with Crippen molar-refractivity contribution in [3.05, 3.63) is 23.8 Å². The summed E-state index contributed by atoms with van der Waals surface area (Å²) < 4.78 is 1.96. The summed E-state index contributed by atoms with van der Waals surface area (Å²) >= 11 is 1.91. The Morgan fingerprint density at radius 1 is 1.47 bits per heavy atom. The standard InChI is InChI=1S/C13H15N3O2S/c1-19-10-4-3-9(7-10)16-12-5-2-8(13(17)18)6-11(12)14-15-16/h2,5-6,9-10H,3-4,7H2,1H3,(H,17,18). The first kappa shape index (κ1) is 12.5. The third kappa shape index (κ3) is 2.20. The van der Waals surface area contributed by atoms with Crippen LogP contribution >= 0.6 is 11.8 Å². The Hall–Kier alpha value is -1.56. The summed E-state index contributed by atoms with van der Waals surface area (Å²) in [6.45, 7) is 0. The van der Waals surface area contributed by atoms with E-state index in [1.54, 1.807) is 12.1 Å². The van der Waals surface area contributed by atoms with Crippen molar-refractivity contribution in [2.24, 2.45) is 0 Å². The molecule has 19 heavy (non-hydrogen) atoms. The van der Waals surface area contributed by atoms with Crippen molar-refractivity contribution in [1.29, 1.82) is 0 Å². The van der Waals surface area contributed by atoms with Crippen molar-refractivity contribution in [2.45, 2.75) is 30.6 Å². The Kier molecular flexibility index (Phi) is 3.18. The number of thioether (sulfide) groups is 1. The minimum atomic E-state index is -0.931. The lowest BCUT2D eigenvalue weighted by atomic mass is 10.2. The van der Waals surface area contributed by atoms with Crippen LogP contribution in [0.1, 0.15) is 35.7 Å². The largest absolute Gasteiger partial charge is 0.478 e. The van der Waals surface area contributed by atoms with E-state index in [4.69, 9.17) is 5.11 Å². The summed E-state index contributed by atoms with van der Waals surface area (Å²) in [6, 6.07) is 5.40. The topological polar surface area (TPSA) is 68.0 Å². The third-order valence-electron chi connectivity index (χ3n) is 3.75. The van der Waals surface area contributed by atoms with Crippen LogP contribution in [0.3, 0.4) is 0 Å². The Bertz CT molecular complexity index is 625. The normalized spacial score (nSPS) is 23.0. The van der Waals surface area contributed by atoms with Gasteiger partial charge in [0, 0.05) is 5.25 Å². The van der Waals surface area contributed by atoms with Crippen LogP contribution in [0.2, 0.25) is 0 Å². The second-order valence-corrected chi connectivity index (χ2v) is 6.01. The van der Waals surface area contributed by atoms with Crippen LogP contribution < -0.4 is 0 Å². The maximum absolute atomic E-state index is 10.9. The summed E-state index contributed by atoms with van der Waals surface area (Å²) in [5, 5.41) is 18.0. The monoisotopic (exact) mass is 277 g/mol. The lowest BCUT2D eigenvalue weighted by Crippen LogP contribution is -2.08. The summed E-state index contributed by atoms with van der Waals surface area (Å²) in [5.41, 5.74) is 1.84. The van der Waals surface area contributed by atoms with Gasteiger partial charge in [-0.1, -0.05) is 5.21 Å². The van der Waals surface area contributed by atoms with Crippen molar-refractivity contribution in [3.8, 4) is 0 Å². The average molecular weight is 277 g/mol. The van der Waals surface area contributed by atoms with Crippen molar-refractivity contribution in [3.63, 3.8) is 0 Å². The molecular formula is C13H15N3O2S. The second kappa shape index (κ2) is 4.85. The van der Waals surface area contributed by atoms with Crippen molar-refractivity contribution >= 4 is 28.8 Å². The molecule has 1 N–H and O–H groups in total. The predicted octanol–water partition coefficient (Wildman–Crippen LogP) is 2.59. The van der Waals surface area contributed by atoms with Gasteiger partial charge in [0.2, 0.25) is 0 Å². The number of hydrogen-bond donors (Lipinski definition) is 1. The molecule has 2 unspecified atom stereocenters. The molecule has 1 aromatic carbocycles. The van der Waals surface area contributed by atoms with Crippen molar-refractivity contribution < 1.29 is 9.90 Å². The molecule has 0 amide bonds. The molecule has 2 aromatic rings. The van der Waals surface area contributed by atoms with Crippen molar-refractivity contribution in [1.82, 2.24) is 15.0 Å². The van der Waals surface area contributed by atoms with E-state index in [-0.39, 0.29) is 5.56 Å². The Balaban J connectivity index is 1.95. The van der Waals surface area contributed by atoms with E-state index < -0.39 is 5.97 Å². The van der Waals surface area contributed by atoms with Gasteiger partial charge in [0.15, 0.2) is 0 Å². The van der Waals surface area contributed by atoms with E-state index in [1.165, 1.54) is 6.42 Å². The molecule has 1 aromatic heterocycles.